The van der Waals surface area contributed by atoms with E-state index < -0.39 is 17.5 Å². The van der Waals surface area contributed by atoms with Crippen molar-refractivity contribution in [3.05, 3.63) is 28.8 Å². The van der Waals surface area contributed by atoms with Crippen LogP contribution in [0.25, 0.3) is 0 Å². The van der Waals surface area contributed by atoms with Gasteiger partial charge in [0.05, 0.1) is 11.3 Å². The molecule has 0 fully saturated rings. The Hall–Kier alpha value is -1.65. The summed E-state index contributed by atoms with van der Waals surface area (Å²) in [6.45, 7) is 0.0739. The van der Waals surface area contributed by atoms with Crippen molar-refractivity contribution in [2.75, 3.05) is 5.73 Å². The summed E-state index contributed by atoms with van der Waals surface area (Å²) in [5, 5.41) is 2.37. The van der Waals surface area contributed by atoms with Gasteiger partial charge in [-0.25, -0.2) is 8.78 Å². The van der Waals surface area contributed by atoms with Gasteiger partial charge in [0.1, 0.15) is 11.6 Å². The van der Waals surface area contributed by atoms with Gasteiger partial charge in [-0.2, -0.15) is 0 Å². The van der Waals surface area contributed by atoms with Crippen LogP contribution in [0, 0.1) is 11.6 Å². The molecule has 1 aromatic rings. The Kier molecular flexibility index (Phi) is 1.48. The molecule has 0 saturated heterocycles. The number of hydrogen-bond acceptors (Lipinski definition) is 2. The van der Waals surface area contributed by atoms with Crippen molar-refractivity contribution in [3.63, 3.8) is 0 Å². The van der Waals surface area contributed by atoms with Gasteiger partial charge in [0.2, 0.25) is 0 Å². The largest absolute Gasteiger partial charge is 0.396 e. The fourth-order valence-corrected chi connectivity index (χ4v) is 1.37. The van der Waals surface area contributed by atoms with E-state index in [1.165, 1.54) is 0 Å². The first kappa shape index (κ1) is 7.97. The second-order valence-electron chi connectivity index (χ2n) is 2.79. The highest BCUT2D eigenvalue weighted by atomic mass is 19.1. The van der Waals surface area contributed by atoms with E-state index in [1.807, 2.05) is 0 Å². The maximum atomic E-state index is 13.0. The van der Waals surface area contributed by atoms with Crippen molar-refractivity contribution in [1.82, 2.24) is 5.32 Å². The summed E-state index contributed by atoms with van der Waals surface area (Å²) >= 11 is 0. The van der Waals surface area contributed by atoms with E-state index in [2.05, 4.69) is 5.32 Å². The molecule has 0 bridgehead atoms. The van der Waals surface area contributed by atoms with Crippen LogP contribution in [0.2, 0.25) is 0 Å². The first-order valence-electron chi connectivity index (χ1n) is 3.66. The minimum Gasteiger partial charge on any atom is -0.396 e. The van der Waals surface area contributed by atoms with Crippen LogP contribution in [0.15, 0.2) is 6.07 Å². The van der Waals surface area contributed by atoms with E-state index in [9.17, 15) is 13.6 Å². The van der Waals surface area contributed by atoms with Crippen molar-refractivity contribution in [2.24, 2.45) is 0 Å². The number of nitrogens with two attached hydrogens (primary N) is 1. The molecule has 1 aromatic carbocycles. The number of anilines is 1. The lowest BCUT2D eigenvalue weighted by Crippen LogP contribution is -2.14. The van der Waals surface area contributed by atoms with Gasteiger partial charge in [0, 0.05) is 18.2 Å². The minimum absolute atomic E-state index is 0.0718. The molecular formula is C8H6F2N2O. The monoisotopic (exact) mass is 184 g/mol. The Morgan fingerprint density at radius 3 is 2.77 bits per heavy atom. The topological polar surface area (TPSA) is 55.1 Å². The van der Waals surface area contributed by atoms with Gasteiger partial charge in [-0.05, 0) is 0 Å². The third-order valence-corrected chi connectivity index (χ3v) is 2.02. The molecule has 3 N–H and O–H groups in total. The van der Waals surface area contributed by atoms with E-state index in [0.29, 0.717) is 6.07 Å². The first-order valence-corrected chi connectivity index (χ1v) is 3.66. The summed E-state index contributed by atoms with van der Waals surface area (Å²) in [5.41, 5.74) is 5.08. The predicted molar refractivity (Wildman–Crippen MR) is 41.9 cm³/mol. The number of amides is 1. The zero-order valence-corrected chi connectivity index (χ0v) is 6.53. The molecule has 1 aliphatic heterocycles. The van der Waals surface area contributed by atoms with Crippen LogP contribution in [-0.2, 0) is 6.54 Å². The van der Waals surface area contributed by atoms with E-state index in [1.54, 1.807) is 0 Å². The number of nitrogen functional groups attached to an aromatic ring is 1. The maximum Gasteiger partial charge on any atom is 0.254 e. The number of fused-ring (bicyclic) bond motifs is 1. The Morgan fingerprint density at radius 1 is 1.38 bits per heavy atom. The van der Waals surface area contributed by atoms with Gasteiger partial charge in [0.15, 0.2) is 0 Å². The number of halogens is 2. The quantitative estimate of drug-likeness (QED) is 0.585. The van der Waals surface area contributed by atoms with Crippen LogP contribution >= 0.6 is 0 Å². The van der Waals surface area contributed by atoms with E-state index in [-0.39, 0.29) is 23.4 Å². The number of rotatable bonds is 0. The van der Waals surface area contributed by atoms with Gasteiger partial charge < -0.3 is 11.1 Å². The van der Waals surface area contributed by atoms with Crippen molar-refractivity contribution < 1.29 is 13.6 Å². The molecule has 1 heterocycles. The lowest BCUT2D eigenvalue weighted by molar-refractivity contribution is 0.0966. The van der Waals surface area contributed by atoms with Crippen LogP contribution in [-0.4, -0.2) is 5.91 Å². The molecule has 1 amide bonds. The fraction of sp³-hybridized carbons (Fsp3) is 0.125. The molecule has 5 heteroatoms. The summed E-state index contributed by atoms with van der Waals surface area (Å²) in [5.74, 6) is -2.15. The summed E-state index contributed by atoms with van der Waals surface area (Å²) in [6, 6.07) is 0.689. The Bertz CT molecular complexity index is 404. The van der Waals surface area contributed by atoms with E-state index >= 15 is 0 Å². The summed E-state index contributed by atoms with van der Waals surface area (Å²) < 4.78 is 25.9. The smallest absolute Gasteiger partial charge is 0.254 e. The molecule has 68 valence electrons. The number of benzene rings is 1. The molecule has 0 aliphatic carbocycles. The fourth-order valence-electron chi connectivity index (χ4n) is 1.37. The molecule has 0 aromatic heterocycles. The molecule has 0 atom stereocenters. The molecule has 0 unspecified atom stereocenters. The Balaban J connectivity index is 2.77. The SMILES string of the molecule is Nc1c(F)cc(F)c2c1C(=O)NC2. The molecule has 0 saturated carbocycles. The number of carbonyl (C=O) groups excluding carboxylic acids is 1. The average molecular weight is 184 g/mol. The van der Waals surface area contributed by atoms with Gasteiger partial charge in [-0.3, -0.25) is 4.79 Å². The molecule has 2 rings (SSSR count). The third kappa shape index (κ3) is 0.965. The second kappa shape index (κ2) is 2.42. The van der Waals surface area contributed by atoms with Crippen LogP contribution in [0.5, 0.6) is 0 Å². The summed E-state index contributed by atoms with van der Waals surface area (Å²) in [6.07, 6.45) is 0. The highest BCUT2D eigenvalue weighted by molar-refractivity contribution is 6.03. The van der Waals surface area contributed by atoms with Gasteiger partial charge in [0.25, 0.3) is 5.91 Å². The number of hydrogen-bond donors (Lipinski definition) is 2. The Morgan fingerprint density at radius 2 is 2.08 bits per heavy atom. The van der Waals surface area contributed by atoms with Crippen LogP contribution in [0.3, 0.4) is 0 Å². The first-order chi connectivity index (χ1) is 6.11. The summed E-state index contributed by atoms with van der Waals surface area (Å²) in [7, 11) is 0. The molecule has 13 heavy (non-hydrogen) atoms. The van der Waals surface area contributed by atoms with Crippen molar-refractivity contribution in [1.29, 1.82) is 0 Å². The van der Waals surface area contributed by atoms with Crippen LogP contribution in [0.1, 0.15) is 15.9 Å². The minimum atomic E-state index is -0.895. The summed E-state index contributed by atoms with van der Waals surface area (Å²) in [4.78, 5) is 11.1. The van der Waals surface area contributed by atoms with E-state index in [0.717, 1.165) is 0 Å². The lowest BCUT2D eigenvalue weighted by atomic mass is 10.1. The predicted octanol–water partition coefficient (Wildman–Crippen LogP) is 0.790. The zero-order chi connectivity index (χ0) is 9.59. The third-order valence-electron chi connectivity index (χ3n) is 2.02. The lowest BCUT2D eigenvalue weighted by Gasteiger charge is -2.02. The molecule has 0 spiro atoms. The highest BCUT2D eigenvalue weighted by Crippen LogP contribution is 2.27. The van der Waals surface area contributed by atoms with Crippen molar-refractivity contribution in [3.8, 4) is 0 Å². The highest BCUT2D eigenvalue weighted by Gasteiger charge is 2.27. The van der Waals surface area contributed by atoms with Crippen LogP contribution < -0.4 is 11.1 Å². The van der Waals surface area contributed by atoms with Gasteiger partial charge in [-0.1, -0.05) is 0 Å². The molecule has 3 nitrogen and oxygen atoms in total. The van der Waals surface area contributed by atoms with Crippen molar-refractivity contribution >= 4 is 11.6 Å². The van der Waals surface area contributed by atoms with E-state index in [4.69, 9.17) is 5.73 Å². The second-order valence-corrected chi connectivity index (χ2v) is 2.79. The van der Waals surface area contributed by atoms with Crippen molar-refractivity contribution in [2.45, 2.75) is 6.54 Å². The average Bonchev–Trinajstić information content (AvgIpc) is 2.44. The Labute approximate surface area is 72.5 Å². The number of nitrogens with one attached hydrogen (secondary N) is 1. The number of carbonyl (C=O) groups is 1. The van der Waals surface area contributed by atoms with Gasteiger partial charge in [-0.15, -0.1) is 0 Å². The standard InChI is InChI=1S/C8H6F2N2O/c9-4-1-5(10)7(11)6-3(4)2-12-8(6)13/h1H,2,11H2,(H,12,13). The van der Waals surface area contributed by atoms with Crippen LogP contribution in [0.4, 0.5) is 14.5 Å². The molecule has 0 radical (unpaired) electrons. The zero-order valence-electron chi connectivity index (χ0n) is 6.53. The normalized spacial score (nSPS) is 14.2. The molecule has 1 aliphatic rings. The maximum absolute atomic E-state index is 13.0. The van der Waals surface area contributed by atoms with Gasteiger partial charge >= 0.3 is 0 Å². The molecular weight excluding hydrogens is 178 g/mol.